The van der Waals surface area contributed by atoms with E-state index in [4.69, 9.17) is 16.3 Å². The van der Waals surface area contributed by atoms with Crippen molar-refractivity contribution in [2.24, 2.45) is 5.92 Å². The van der Waals surface area contributed by atoms with Crippen molar-refractivity contribution in [3.63, 3.8) is 0 Å². The Bertz CT molecular complexity index is 900. The maximum absolute atomic E-state index is 12.5. The summed E-state index contributed by atoms with van der Waals surface area (Å²) < 4.78 is 5.27. The first-order valence-corrected chi connectivity index (χ1v) is 8.46. The van der Waals surface area contributed by atoms with E-state index in [0.29, 0.717) is 22.1 Å². The molecule has 0 aromatic heterocycles. The van der Waals surface area contributed by atoms with Crippen LogP contribution in [-0.2, 0) is 9.59 Å². The van der Waals surface area contributed by atoms with Crippen LogP contribution in [0.15, 0.2) is 42.5 Å². The van der Waals surface area contributed by atoms with Gasteiger partial charge in [-0.15, -0.1) is 0 Å². The molecule has 2 amide bonds. The number of rotatable bonds is 5. The van der Waals surface area contributed by atoms with E-state index in [1.165, 1.54) is 36.3 Å². The van der Waals surface area contributed by atoms with E-state index >= 15 is 0 Å². The van der Waals surface area contributed by atoms with Gasteiger partial charge in [-0.3, -0.25) is 19.7 Å². The van der Waals surface area contributed by atoms with Crippen molar-refractivity contribution >= 4 is 40.5 Å². The third-order valence-corrected chi connectivity index (χ3v) is 4.51. The smallest absolute Gasteiger partial charge is 0.269 e. The lowest BCUT2D eigenvalue weighted by atomic mass is 10.1. The molecule has 1 fully saturated rings. The number of hydrogen-bond donors (Lipinski definition) is 1. The van der Waals surface area contributed by atoms with E-state index in [0.717, 1.165) is 0 Å². The molecule has 1 saturated heterocycles. The first kappa shape index (κ1) is 18.7. The zero-order chi connectivity index (χ0) is 19.6. The standard InChI is InChI=1S/C18H16ClN3O5/c1-27-16-7-2-12(19)9-15(16)21-10-11(8-17(21)23)18(24)20-13-3-5-14(6-4-13)22(25)26/h2-7,9,11H,8,10H2,1H3,(H,20,24). The first-order chi connectivity index (χ1) is 12.9. The topological polar surface area (TPSA) is 102 Å². The van der Waals surface area contributed by atoms with Gasteiger partial charge in [-0.2, -0.15) is 0 Å². The molecule has 0 saturated carbocycles. The summed E-state index contributed by atoms with van der Waals surface area (Å²) in [6.45, 7) is 0.189. The highest BCUT2D eigenvalue weighted by molar-refractivity contribution is 6.31. The van der Waals surface area contributed by atoms with Gasteiger partial charge in [0.1, 0.15) is 5.75 Å². The van der Waals surface area contributed by atoms with Crippen molar-refractivity contribution in [3.8, 4) is 5.75 Å². The van der Waals surface area contributed by atoms with Crippen LogP contribution in [0.1, 0.15) is 6.42 Å². The largest absolute Gasteiger partial charge is 0.495 e. The Hall–Kier alpha value is -3.13. The summed E-state index contributed by atoms with van der Waals surface area (Å²) in [5, 5.41) is 13.8. The van der Waals surface area contributed by atoms with E-state index in [9.17, 15) is 19.7 Å². The van der Waals surface area contributed by atoms with Gasteiger partial charge in [-0.05, 0) is 30.3 Å². The van der Waals surface area contributed by atoms with Gasteiger partial charge in [0.2, 0.25) is 11.8 Å². The van der Waals surface area contributed by atoms with Crippen LogP contribution in [0, 0.1) is 16.0 Å². The molecule has 0 radical (unpaired) electrons. The lowest BCUT2D eigenvalue weighted by molar-refractivity contribution is -0.384. The fourth-order valence-corrected chi connectivity index (χ4v) is 3.07. The van der Waals surface area contributed by atoms with Crippen LogP contribution >= 0.6 is 11.6 Å². The number of nitro groups is 1. The van der Waals surface area contributed by atoms with Crippen LogP contribution < -0.4 is 15.0 Å². The molecule has 2 aromatic rings. The summed E-state index contributed by atoms with van der Waals surface area (Å²) in [5.74, 6) is -0.610. The van der Waals surface area contributed by atoms with E-state index in [-0.39, 0.29) is 30.5 Å². The van der Waals surface area contributed by atoms with Crippen molar-refractivity contribution in [1.29, 1.82) is 0 Å². The Morgan fingerprint density at radius 2 is 2.00 bits per heavy atom. The molecule has 1 aliphatic rings. The fraction of sp³-hybridized carbons (Fsp3) is 0.222. The van der Waals surface area contributed by atoms with E-state index < -0.39 is 10.8 Å². The second-order valence-electron chi connectivity index (χ2n) is 6.01. The number of benzene rings is 2. The molecule has 0 bridgehead atoms. The van der Waals surface area contributed by atoms with E-state index in [1.54, 1.807) is 18.2 Å². The Morgan fingerprint density at radius 3 is 2.63 bits per heavy atom. The number of methoxy groups -OCH3 is 1. The third-order valence-electron chi connectivity index (χ3n) is 4.27. The minimum Gasteiger partial charge on any atom is -0.495 e. The van der Waals surface area contributed by atoms with Gasteiger partial charge in [-0.25, -0.2) is 0 Å². The van der Waals surface area contributed by atoms with Crippen LogP contribution in [0.3, 0.4) is 0 Å². The number of amides is 2. The molecule has 1 atom stereocenters. The van der Waals surface area contributed by atoms with Crippen molar-refractivity contribution in [3.05, 3.63) is 57.6 Å². The molecule has 3 rings (SSSR count). The van der Waals surface area contributed by atoms with Gasteiger partial charge < -0.3 is 15.0 Å². The molecule has 1 N–H and O–H groups in total. The zero-order valence-corrected chi connectivity index (χ0v) is 15.1. The number of nitro benzene ring substituents is 1. The molecular weight excluding hydrogens is 374 g/mol. The molecule has 140 valence electrons. The summed E-state index contributed by atoms with van der Waals surface area (Å²) in [6, 6.07) is 10.4. The second kappa shape index (κ2) is 7.63. The summed E-state index contributed by atoms with van der Waals surface area (Å²) in [6.07, 6.45) is 0.0501. The summed E-state index contributed by atoms with van der Waals surface area (Å²) >= 11 is 6.02. The minimum atomic E-state index is -0.559. The summed E-state index contributed by atoms with van der Waals surface area (Å²) in [7, 11) is 1.49. The molecule has 1 heterocycles. The highest BCUT2D eigenvalue weighted by atomic mass is 35.5. The highest BCUT2D eigenvalue weighted by Gasteiger charge is 2.36. The van der Waals surface area contributed by atoms with Gasteiger partial charge in [0.05, 0.1) is 23.6 Å². The molecule has 0 aliphatic carbocycles. The van der Waals surface area contributed by atoms with Crippen LogP contribution in [-0.4, -0.2) is 30.4 Å². The summed E-state index contributed by atoms with van der Waals surface area (Å²) in [5.41, 5.74) is 0.876. The number of ether oxygens (including phenoxy) is 1. The average Bonchev–Trinajstić information content (AvgIpc) is 3.04. The van der Waals surface area contributed by atoms with Gasteiger partial charge in [0, 0.05) is 35.8 Å². The Balaban J connectivity index is 1.72. The monoisotopic (exact) mass is 389 g/mol. The Labute approximate surface area is 159 Å². The third kappa shape index (κ3) is 4.01. The lowest BCUT2D eigenvalue weighted by Gasteiger charge is -2.19. The molecule has 2 aromatic carbocycles. The van der Waals surface area contributed by atoms with Crippen LogP contribution in [0.25, 0.3) is 0 Å². The number of nitrogens with zero attached hydrogens (tertiary/aromatic N) is 2. The number of hydrogen-bond acceptors (Lipinski definition) is 5. The molecule has 1 unspecified atom stereocenters. The van der Waals surface area contributed by atoms with Gasteiger partial charge in [0.15, 0.2) is 0 Å². The molecule has 27 heavy (non-hydrogen) atoms. The van der Waals surface area contributed by atoms with Crippen LogP contribution in [0.2, 0.25) is 5.02 Å². The van der Waals surface area contributed by atoms with Crippen LogP contribution in [0.5, 0.6) is 5.75 Å². The fourth-order valence-electron chi connectivity index (χ4n) is 2.90. The van der Waals surface area contributed by atoms with E-state index in [1.807, 2.05) is 0 Å². The predicted molar refractivity (Wildman–Crippen MR) is 100 cm³/mol. The van der Waals surface area contributed by atoms with E-state index in [2.05, 4.69) is 5.32 Å². The molecule has 1 aliphatic heterocycles. The summed E-state index contributed by atoms with van der Waals surface area (Å²) in [4.78, 5) is 36.6. The van der Waals surface area contributed by atoms with Crippen molar-refractivity contribution in [1.82, 2.24) is 0 Å². The SMILES string of the molecule is COc1ccc(Cl)cc1N1CC(C(=O)Nc2ccc([N+](=O)[O-])cc2)CC1=O. The van der Waals surface area contributed by atoms with Crippen LogP contribution in [0.4, 0.5) is 17.1 Å². The van der Waals surface area contributed by atoms with Crippen molar-refractivity contribution in [2.45, 2.75) is 6.42 Å². The predicted octanol–water partition coefficient (Wildman–Crippen LogP) is 3.25. The van der Waals surface area contributed by atoms with Gasteiger partial charge >= 0.3 is 0 Å². The lowest BCUT2D eigenvalue weighted by Crippen LogP contribution is -2.28. The average molecular weight is 390 g/mol. The normalized spacial score (nSPS) is 16.3. The Kier molecular flexibility index (Phi) is 5.27. The quantitative estimate of drug-likeness (QED) is 0.624. The molecule has 8 nitrogen and oxygen atoms in total. The maximum atomic E-state index is 12.5. The molecule has 9 heteroatoms. The molecular formula is C18H16ClN3O5. The maximum Gasteiger partial charge on any atom is 0.269 e. The number of nitrogens with one attached hydrogen (secondary N) is 1. The van der Waals surface area contributed by atoms with Crippen molar-refractivity contribution < 1.29 is 19.2 Å². The zero-order valence-electron chi connectivity index (χ0n) is 14.3. The Morgan fingerprint density at radius 1 is 1.30 bits per heavy atom. The number of non-ortho nitro benzene ring substituents is 1. The minimum absolute atomic E-state index is 0.0501. The van der Waals surface area contributed by atoms with Gasteiger partial charge in [-0.1, -0.05) is 11.6 Å². The first-order valence-electron chi connectivity index (χ1n) is 8.08. The second-order valence-corrected chi connectivity index (χ2v) is 6.45. The number of halogens is 1. The number of carbonyl (C=O) groups excluding carboxylic acids is 2. The van der Waals surface area contributed by atoms with Crippen molar-refractivity contribution in [2.75, 3.05) is 23.9 Å². The van der Waals surface area contributed by atoms with Gasteiger partial charge in [0.25, 0.3) is 5.69 Å². The number of carbonyl (C=O) groups is 2. The highest BCUT2D eigenvalue weighted by Crippen LogP contribution is 2.35. The molecule has 0 spiro atoms. The number of anilines is 2.